The van der Waals surface area contributed by atoms with Crippen LogP contribution in [0.3, 0.4) is 0 Å². The van der Waals surface area contributed by atoms with Gasteiger partial charge in [0.05, 0.1) is 11.5 Å². The first-order valence-electron chi connectivity index (χ1n) is 9.43. The molecule has 1 saturated heterocycles. The number of halogens is 4. The number of benzene rings is 1. The maximum Gasteiger partial charge on any atom is 0.417 e. The van der Waals surface area contributed by atoms with E-state index in [0.717, 1.165) is 12.3 Å². The molecule has 160 valence electrons. The summed E-state index contributed by atoms with van der Waals surface area (Å²) in [6, 6.07) is 8.65. The highest BCUT2D eigenvalue weighted by Crippen LogP contribution is 2.30. The molecule has 1 aromatic heterocycles. The fraction of sp³-hybridized carbons (Fsp3) is 0.381. The van der Waals surface area contributed by atoms with Gasteiger partial charge >= 0.3 is 12.1 Å². The summed E-state index contributed by atoms with van der Waals surface area (Å²) < 4.78 is 43.3. The summed E-state index contributed by atoms with van der Waals surface area (Å²) in [7, 11) is 0. The molecule has 1 atom stereocenters. The van der Waals surface area contributed by atoms with E-state index in [0.29, 0.717) is 42.3 Å². The highest BCUT2D eigenvalue weighted by atomic mass is 35.5. The van der Waals surface area contributed by atoms with Crippen molar-refractivity contribution in [2.24, 2.45) is 5.92 Å². The summed E-state index contributed by atoms with van der Waals surface area (Å²) in [5.74, 6) is -0.714. The van der Waals surface area contributed by atoms with Crippen molar-refractivity contribution in [1.29, 1.82) is 0 Å². The minimum absolute atomic E-state index is 0.314. The summed E-state index contributed by atoms with van der Waals surface area (Å²) in [6.07, 6.45) is -3.62. The Morgan fingerprint density at radius 3 is 2.30 bits per heavy atom. The Labute approximate surface area is 176 Å². The van der Waals surface area contributed by atoms with Crippen molar-refractivity contribution in [2.75, 3.05) is 18.0 Å². The van der Waals surface area contributed by atoms with Gasteiger partial charge in [-0.2, -0.15) is 13.2 Å². The molecule has 2 heterocycles. The van der Waals surface area contributed by atoms with Crippen LogP contribution in [-0.4, -0.2) is 35.9 Å². The van der Waals surface area contributed by atoms with Crippen LogP contribution >= 0.6 is 11.6 Å². The van der Waals surface area contributed by atoms with Crippen molar-refractivity contribution in [3.05, 3.63) is 58.7 Å². The first-order chi connectivity index (χ1) is 14.1. The Balaban J connectivity index is 1.52. The van der Waals surface area contributed by atoms with Gasteiger partial charge in [-0.1, -0.05) is 11.6 Å². The SMILES string of the molecule is C[C@H](OC(=O)C1CCN(c2ccc(C(F)(F)F)cn2)CC1)C(=O)c1ccc(Cl)cc1. The second-order valence-corrected chi connectivity index (χ2v) is 7.55. The molecular weight excluding hydrogens is 421 g/mol. The van der Waals surface area contributed by atoms with Gasteiger partial charge in [-0.15, -0.1) is 0 Å². The number of esters is 1. The molecule has 9 heteroatoms. The predicted octanol–water partition coefficient (Wildman–Crippen LogP) is 4.78. The molecule has 0 unspecified atom stereocenters. The van der Waals surface area contributed by atoms with Gasteiger partial charge in [-0.25, -0.2) is 4.98 Å². The number of ketones is 1. The summed E-state index contributed by atoms with van der Waals surface area (Å²) >= 11 is 5.81. The topological polar surface area (TPSA) is 59.5 Å². The number of rotatable bonds is 5. The molecule has 0 aliphatic carbocycles. The molecule has 0 radical (unpaired) electrons. The number of carbonyl (C=O) groups excluding carboxylic acids is 2. The third kappa shape index (κ3) is 5.30. The minimum atomic E-state index is -4.43. The van der Waals surface area contributed by atoms with E-state index >= 15 is 0 Å². The van der Waals surface area contributed by atoms with Crippen LogP contribution in [-0.2, 0) is 15.7 Å². The third-order valence-electron chi connectivity index (χ3n) is 5.02. The standard InChI is InChI=1S/C21H20ClF3N2O3/c1-13(19(28)14-2-5-17(22)6-3-14)30-20(29)15-8-10-27(11-9-15)18-7-4-16(12-26-18)21(23,24)25/h2-7,12-13,15H,8-11H2,1H3/t13-/m0/s1. The van der Waals surface area contributed by atoms with Crippen molar-refractivity contribution in [2.45, 2.75) is 32.0 Å². The van der Waals surface area contributed by atoms with Crippen LogP contribution in [0.4, 0.5) is 19.0 Å². The summed E-state index contributed by atoms with van der Waals surface area (Å²) in [4.78, 5) is 30.5. The Morgan fingerprint density at radius 1 is 1.13 bits per heavy atom. The number of hydrogen-bond acceptors (Lipinski definition) is 5. The van der Waals surface area contributed by atoms with Crippen molar-refractivity contribution >= 4 is 29.2 Å². The quantitative estimate of drug-likeness (QED) is 0.494. The van der Waals surface area contributed by atoms with Crippen molar-refractivity contribution in [1.82, 2.24) is 4.98 Å². The summed E-state index contributed by atoms with van der Waals surface area (Å²) in [5, 5.41) is 0.505. The normalized spacial score (nSPS) is 16.2. The lowest BCUT2D eigenvalue weighted by Gasteiger charge is -2.32. The number of aromatic nitrogens is 1. The van der Waals surface area contributed by atoms with Crippen LogP contribution in [0.15, 0.2) is 42.6 Å². The fourth-order valence-corrected chi connectivity index (χ4v) is 3.38. The molecule has 1 aromatic carbocycles. The molecule has 0 spiro atoms. The monoisotopic (exact) mass is 440 g/mol. The number of hydrogen-bond donors (Lipinski definition) is 0. The fourth-order valence-electron chi connectivity index (χ4n) is 3.26. The molecule has 0 saturated carbocycles. The van der Waals surface area contributed by atoms with Crippen molar-refractivity contribution in [3.63, 3.8) is 0 Å². The van der Waals surface area contributed by atoms with Gasteiger partial charge in [0, 0.05) is 29.9 Å². The van der Waals surface area contributed by atoms with Crippen LogP contribution in [0.1, 0.15) is 35.7 Å². The average Bonchev–Trinajstić information content (AvgIpc) is 2.73. The Bertz CT molecular complexity index is 893. The Kier molecular flexibility index (Phi) is 6.65. The molecular formula is C21H20ClF3N2O3. The number of Topliss-reactive ketones (excluding diaryl/α,β-unsaturated/α-hetero) is 1. The molecule has 0 N–H and O–H groups in total. The number of piperidine rings is 1. The molecule has 0 bridgehead atoms. The largest absolute Gasteiger partial charge is 0.454 e. The first kappa shape index (κ1) is 22.1. The second kappa shape index (κ2) is 9.04. The molecule has 1 fully saturated rings. The van der Waals surface area contributed by atoms with E-state index in [4.69, 9.17) is 16.3 Å². The Morgan fingerprint density at radius 2 is 1.77 bits per heavy atom. The van der Waals surface area contributed by atoms with E-state index in [1.54, 1.807) is 24.3 Å². The number of ether oxygens (including phenoxy) is 1. The van der Waals surface area contributed by atoms with E-state index in [1.165, 1.54) is 13.0 Å². The number of pyridine rings is 1. The van der Waals surface area contributed by atoms with E-state index in [9.17, 15) is 22.8 Å². The molecule has 3 rings (SSSR count). The zero-order chi connectivity index (χ0) is 21.9. The first-order valence-corrected chi connectivity index (χ1v) is 9.81. The van der Waals surface area contributed by atoms with E-state index in [2.05, 4.69) is 4.98 Å². The Hall–Kier alpha value is -2.61. The maximum atomic E-state index is 12.7. The van der Waals surface area contributed by atoms with Crippen LogP contribution in [0.25, 0.3) is 0 Å². The molecule has 0 amide bonds. The number of alkyl halides is 3. The van der Waals surface area contributed by atoms with Crippen LogP contribution in [0, 0.1) is 5.92 Å². The zero-order valence-corrected chi connectivity index (χ0v) is 16.9. The highest BCUT2D eigenvalue weighted by Gasteiger charge is 2.32. The summed E-state index contributed by atoms with van der Waals surface area (Å²) in [6.45, 7) is 2.44. The number of carbonyl (C=O) groups is 2. The van der Waals surface area contributed by atoms with Gasteiger partial charge in [-0.3, -0.25) is 9.59 Å². The zero-order valence-electron chi connectivity index (χ0n) is 16.2. The van der Waals surface area contributed by atoms with Gasteiger partial charge in [0.2, 0.25) is 5.78 Å². The van der Waals surface area contributed by atoms with Gasteiger partial charge in [-0.05, 0) is 56.2 Å². The molecule has 30 heavy (non-hydrogen) atoms. The number of nitrogens with zero attached hydrogens (tertiary/aromatic N) is 2. The second-order valence-electron chi connectivity index (χ2n) is 7.11. The molecule has 5 nitrogen and oxygen atoms in total. The van der Waals surface area contributed by atoms with Gasteiger partial charge in [0.15, 0.2) is 6.10 Å². The van der Waals surface area contributed by atoms with Crippen LogP contribution in [0.5, 0.6) is 0 Å². The molecule has 1 aliphatic heterocycles. The summed E-state index contributed by atoms with van der Waals surface area (Å²) in [5.41, 5.74) is -0.396. The van der Waals surface area contributed by atoms with Gasteiger partial charge in [0.25, 0.3) is 0 Å². The smallest absolute Gasteiger partial charge is 0.417 e. The third-order valence-corrected chi connectivity index (χ3v) is 5.27. The highest BCUT2D eigenvalue weighted by molar-refractivity contribution is 6.30. The van der Waals surface area contributed by atoms with Gasteiger partial charge < -0.3 is 9.64 Å². The number of anilines is 1. The van der Waals surface area contributed by atoms with E-state index in [1.807, 2.05) is 4.90 Å². The van der Waals surface area contributed by atoms with Crippen molar-refractivity contribution < 1.29 is 27.5 Å². The lowest BCUT2D eigenvalue weighted by molar-refractivity contribution is -0.152. The van der Waals surface area contributed by atoms with Gasteiger partial charge in [0.1, 0.15) is 5.82 Å². The van der Waals surface area contributed by atoms with Crippen molar-refractivity contribution in [3.8, 4) is 0 Å². The molecule has 1 aliphatic rings. The van der Waals surface area contributed by atoms with E-state index in [-0.39, 0.29) is 11.7 Å². The van der Waals surface area contributed by atoms with E-state index < -0.39 is 23.8 Å². The predicted molar refractivity (Wildman–Crippen MR) is 106 cm³/mol. The van der Waals surface area contributed by atoms with Crippen LogP contribution < -0.4 is 4.90 Å². The minimum Gasteiger partial charge on any atom is -0.454 e. The maximum absolute atomic E-state index is 12.7. The van der Waals surface area contributed by atoms with Crippen LogP contribution in [0.2, 0.25) is 5.02 Å². The lowest BCUT2D eigenvalue weighted by atomic mass is 9.96. The average molecular weight is 441 g/mol. The lowest BCUT2D eigenvalue weighted by Crippen LogP contribution is -2.38. The molecule has 2 aromatic rings.